The summed E-state index contributed by atoms with van der Waals surface area (Å²) in [4.78, 5) is 24.8. The van der Waals surface area contributed by atoms with Gasteiger partial charge in [0.25, 0.3) is 0 Å². The fourth-order valence-corrected chi connectivity index (χ4v) is 6.80. The number of ether oxygens (including phenoxy) is 1. The first-order valence-corrected chi connectivity index (χ1v) is 15.2. The van der Waals surface area contributed by atoms with E-state index in [-0.39, 0.29) is 41.7 Å². The summed E-state index contributed by atoms with van der Waals surface area (Å²) < 4.78 is 64.3. The Morgan fingerprint density at radius 1 is 1.07 bits per heavy atom. The third-order valence-corrected chi connectivity index (χ3v) is 9.33. The Kier molecular flexibility index (Phi) is 8.62. The summed E-state index contributed by atoms with van der Waals surface area (Å²) in [5.41, 5.74) is 1.89. The topological polar surface area (TPSA) is 112 Å². The standard InChI is InChI=1S/C29H33F2N7O4S/c1-5-19-16-20(6-9-24(19)43(40,41)37-14-12-36(13-15-37)25(39)18-35(2)3)34-28-29-33-17-22(38(29)11-10-32-28)21-7-8-23(42-4)27(31)26(21)30/h6-11,16-17H,5,12-15,18H2,1-4H3,(H,32,34). The highest BCUT2D eigenvalue weighted by Crippen LogP contribution is 2.32. The quantitative estimate of drug-likeness (QED) is 0.306. The number of aryl methyl sites for hydroxylation is 1. The summed E-state index contributed by atoms with van der Waals surface area (Å²) in [5, 5.41) is 3.18. The Balaban J connectivity index is 1.38. The lowest BCUT2D eigenvalue weighted by Crippen LogP contribution is -2.52. The number of nitrogens with zero attached hydrogens (tertiary/aromatic N) is 6. The minimum absolute atomic E-state index is 0.00804. The molecule has 1 saturated heterocycles. The van der Waals surface area contributed by atoms with Gasteiger partial charge in [0.05, 0.1) is 30.4 Å². The maximum Gasteiger partial charge on any atom is 0.243 e. The molecule has 3 heterocycles. The van der Waals surface area contributed by atoms with Crippen molar-refractivity contribution in [2.24, 2.45) is 0 Å². The molecular weight excluding hydrogens is 580 g/mol. The van der Waals surface area contributed by atoms with E-state index < -0.39 is 21.7 Å². The molecule has 5 rings (SSSR count). The number of nitrogens with one attached hydrogen (secondary N) is 1. The van der Waals surface area contributed by atoms with E-state index in [4.69, 9.17) is 4.74 Å². The Morgan fingerprint density at radius 2 is 1.81 bits per heavy atom. The second-order valence-corrected chi connectivity index (χ2v) is 12.3. The molecule has 4 aromatic rings. The van der Waals surface area contributed by atoms with Crippen molar-refractivity contribution in [3.05, 3.63) is 66.1 Å². The predicted octanol–water partition coefficient (Wildman–Crippen LogP) is 3.38. The second-order valence-electron chi connectivity index (χ2n) is 10.4. The molecule has 0 saturated carbocycles. The monoisotopic (exact) mass is 613 g/mol. The fourth-order valence-electron chi connectivity index (χ4n) is 5.10. The first kappa shape index (κ1) is 30.3. The molecule has 11 nitrogen and oxygen atoms in total. The van der Waals surface area contributed by atoms with Crippen molar-refractivity contribution in [2.45, 2.75) is 18.2 Å². The molecule has 0 unspecified atom stereocenters. The third-order valence-electron chi connectivity index (χ3n) is 7.34. The van der Waals surface area contributed by atoms with Crippen molar-refractivity contribution in [3.63, 3.8) is 0 Å². The van der Waals surface area contributed by atoms with Gasteiger partial charge >= 0.3 is 0 Å². The van der Waals surface area contributed by atoms with Crippen molar-refractivity contribution in [2.75, 3.05) is 59.2 Å². The number of amides is 1. The largest absolute Gasteiger partial charge is 0.494 e. The predicted molar refractivity (Wildman–Crippen MR) is 158 cm³/mol. The lowest BCUT2D eigenvalue weighted by atomic mass is 10.1. The number of benzene rings is 2. The lowest BCUT2D eigenvalue weighted by Gasteiger charge is -2.34. The zero-order valence-electron chi connectivity index (χ0n) is 24.3. The molecule has 0 radical (unpaired) electrons. The molecule has 228 valence electrons. The van der Waals surface area contributed by atoms with Crippen molar-refractivity contribution in [3.8, 4) is 17.0 Å². The maximum absolute atomic E-state index is 14.8. The molecule has 1 N–H and O–H groups in total. The van der Waals surface area contributed by atoms with Crippen molar-refractivity contribution in [1.82, 2.24) is 28.5 Å². The van der Waals surface area contributed by atoms with E-state index in [9.17, 15) is 22.0 Å². The van der Waals surface area contributed by atoms with Crippen LogP contribution in [0.1, 0.15) is 12.5 Å². The first-order chi connectivity index (χ1) is 20.5. The summed E-state index contributed by atoms with van der Waals surface area (Å²) in [5.74, 6) is -2.03. The summed E-state index contributed by atoms with van der Waals surface area (Å²) in [6.45, 7) is 3.26. The van der Waals surface area contributed by atoms with Crippen LogP contribution in [0.2, 0.25) is 0 Å². The third kappa shape index (κ3) is 5.90. The van der Waals surface area contributed by atoms with Crippen molar-refractivity contribution >= 4 is 33.1 Å². The molecule has 1 fully saturated rings. The van der Waals surface area contributed by atoms with Crippen LogP contribution in [0.15, 0.2) is 53.8 Å². The van der Waals surface area contributed by atoms with Gasteiger partial charge in [-0.3, -0.25) is 9.20 Å². The average Bonchev–Trinajstić information content (AvgIpc) is 3.43. The lowest BCUT2D eigenvalue weighted by molar-refractivity contribution is -0.133. The van der Waals surface area contributed by atoms with Gasteiger partial charge in [-0.2, -0.15) is 8.70 Å². The number of halogens is 2. The number of hydrogen-bond acceptors (Lipinski definition) is 8. The second kappa shape index (κ2) is 12.2. The van der Waals surface area contributed by atoms with Crippen LogP contribution in [0, 0.1) is 11.6 Å². The number of piperazine rings is 1. The van der Waals surface area contributed by atoms with Crippen molar-refractivity contribution in [1.29, 1.82) is 0 Å². The summed E-state index contributed by atoms with van der Waals surface area (Å²) in [6, 6.07) is 7.73. The van der Waals surface area contributed by atoms with Crippen LogP contribution < -0.4 is 10.1 Å². The number of hydrogen-bond donors (Lipinski definition) is 1. The Labute approximate surface area is 248 Å². The number of carbonyl (C=O) groups excluding carboxylic acids is 1. The van der Waals surface area contributed by atoms with Gasteiger partial charge in [-0.25, -0.2) is 22.8 Å². The molecule has 0 bridgehead atoms. The van der Waals surface area contributed by atoms with Crippen LogP contribution in [0.4, 0.5) is 20.3 Å². The normalized spacial score (nSPS) is 14.4. The number of anilines is 2. The van der Waals surface area contributed by atoms with E-state index in [2.05, 4.69) is 15.3 Å². The molecule has 2 aromatic heterocycles. The summed E-state index contributed by atoms with van der Waals surface area (Å²) >= 11 is 0. The minimum atomic E-state index is -3.79. The zero-order valence-corrected chi connectivity index (χ0v) is 25.2. The van der Waals surface area contributed by atoms with Gasteiger partial charge in [0.2, 0.25) is 21.7 Å². The number of fused-ring (bicyclic) bond motifs is 1. The number of imidazole rings is 1. The van der Waals surface area contributed by atoms with Crippen LogP contribution in [-0.2, 0) is 21.2 Å². The molecule has 0 spiro atoms. The molecule has 1 aliphatic heterocycles. The van der Waals surface area contributed by atoms with Gasteiger partial charge in [0.15, 0.2) is 23.0 Å². The van der Waals surface area contributed by atoms with Gasteiger partial charge in [0, 0.05) is 49.8 Å². The molecule has 1 amide bonds. The SMILES string of the molecule is CCc1cc(Nc2nccn3c(-c4ccc(OC)c(F)c4F)cnc23)ccc1S(=O)(=O)N1CCN(C(=O)CN(C)C)CC1. The van der Waals surface area contributed by atoms with E-state index in [1.165, 1.54) is 35.9 Å². The molecule has 14 heteroatoms. The van der Waals surface area contributed by atoms with Crippen LogP contribution >= 0.6 is 0 Å². The van der Waals surface area contributed by atoms with Crippen LogP contribution in [0.25, 0.3) is 16.9 Å². The number of aromatic nitrogens is 3. The molecular formula is C29H33F2N7O4S. The van der Waals surface area contributed by atoms with Gasteiger partial charge in [-0.05, 0) is 56.4 Å². The molecule has 0 atom stereocenters. The number of rotatable bonds is 9. The van der Waals surface area contributed by atoms with Crippen LogP contribution in [-0.4, -0.2) is 96.7 Å². The van der Waals surface area contributed by atoms with E-state index in [1.807, 2.05) is 21.0 Å². The highest BCUT2D eigenvalue weighted by molar-refractivity contribution is 7.89. The highest BCUT2D eigenvalue weighted by atomic mass is 32.2. The number of carbonyl (C=O) groups is 1. The van der Waals surface area contributed by atoms with Gasteiger partial charge in [-0.1, -0.05) is 6.92 Å². The molecule has 2 aromatic carbocycles. The Morgan fingerprint density at radius 3 is 2.49 bits per heavy atom. The average molecular weight is 614 g/mol. The Bertz CT molecular complexity index is 1770. The minimum Gasteiger partial charge on any atom is -0.494 e. The van der Waals surface area contributed by atoms with E-state index in [0.29, 0.717) is 47.9 Å². The summed E-state index contributed by atoms with van der Waals surface area (Å²) in [7, 11) is 1.11. The van der Waals surface area contributed by atoms with Crippen molar-refractivity contribution < 1.29 is 26.7 Å². The number of likely N-dealkylation sites (N-methyl/N-ethyl adjacent to an activating group) is 1. The number of sulfonamides is 1. The van der Waals surface area contributed by atoms with Gasteiger partial charge in [0.1, 0.15) is 0 Å². The number of methoxy groups -OCH3 is 1. The van der Waals surface area contributed by atoms with E-state index in [0.717, 1.165) is 0 Å². The highest BCUT2D eigenvalue weighted by Gasteiger charge is 2.31. The summed E-state index contributed by atoms with van der Waals surface area (Å²) in [6.07, 6.45) is 4.97. The van der Waals surface area contributed by atoms with Crippen LogP contribution in [0.5, 0.6) is 5.75 Å². The van der Waals surface area contributed by atoms with Crippen LogP contribution in [0.3, 0.4) is 0 Å². The first-order valence-electron chi connectivity index (χ1n) is 13.7. The molecule has 1 aliphatic rings. The maximum atomic E-state index is 14.8. The molecule has 43 heavy (non-hydrogen) atoms. The van der Waals surface area contributed by atoms with E-state index in [1.54, 1.807) is 38.6 Å². The Hall–Kier alpha value is -4.14. The zero-order chi connectivity index (χ0) is 30.9. The van der Waals surface area contributed by atoms with E-state index >= 15 is 0 Å². The molecule has 0 aliphatic carbocycles. The smallest absolute Gasteiger partial charge is 0.243 e. The van der Waals surface area contributed by atoms with Gasteiger partial charge in [-0.15, -0.1) is 0 Å². The van der Waals surface area contributed by atoms with Gasteiger partial charge < -0.3 is 19.9 Å². The fraction of sp³-hybridized carbons (Fsp3) is 0.345.